The summed E-state index contributed by atoms with van der Waals surface area (Å²) >= 11 is 0. The van der Waals surface area contributed by atoms with Crippen LogP contribution in [0.4, 0.5) is 11.4 Å². The molecule has 6 fully saturated rings. The first-order valence-corrected chi connectivity index (χ1v) is 40.0. The van der Waals surface area contributed by atoms with Gasteiger partial charge in [0.15, 0.2) is 24.0 Å². The summed E-state index contributed by atoms with van der Waals surface area (Å²) in [6, 6.07) is 23.1. The van der Waals surface area contributed by atoms with E-state index in [-0.39, 0.29) is 39.7 Å². The van der Waals surface area contributed by atoms with Crippen LogP contribution in [0.5, 0.6) is 0 Å². The van der Waals surface area contributed by atoms with Gasteiger partial charge in [-0.1, -0.05) is 65.3 Å². The second-order valence-corrected chi connectivity index (χ2v) is 36.7. The number of aromatic carboxylic acids is 1. The van der Waals surface area contributed by atoms with E-state index in [0.29, 0.717) is 11.1 Å². The Bertz CT molecular complexity index is 3920. The fourth-order valence-electron chi connectivity index (χ4n) is 15.7. The first kappa shape index (κ1) is 78.5. The standard InChI is InChI=1S/C37H45N3O6Si.C31H34N2O2Si.C6H13NO5.2CH4.2ClH/c1-22-18-23(36(44)38-33-35(43)34(42)29(21-41)46-37(33)45)8-11-26(22)32-27-12-9-24(39-14-4-5-15-39)19-30(27)47(2,3)31-20-25(10-13-28(31)32)40-16-6-7-17-40;1-21-18-22(31(34)35)8-11-25(21)30-26-12-9-23(32-14-4-5-15-32)19-28(26)36(2,3)29-20-24(10-13-27(29)30)33-16-6-7-17-33;7-3-5(10)4(9)2(1-8)12-6(3)11;;;;/h8-13,18-20,29,33-35,37,41-43,45H,4-7,14-17,21H2,1-3H3;8-13,18-20H,4-7,14-17H2,1-3H3;2-6,8-11H,1,7H2;2*1H4;2*1H/t29?,33?,34-,35-,37-;;2?,3?,4-,5-,6-;;;;/m1.1..../s1. The summed E-state index contributed by atoms with van der Waals surface area (Å²) in [5, 5.41) is 94.7. The minimum atomic E-state index is -2.10. The van der Waals surface area contributed by atoms with Crippen molar-refractivity contribution in [3.8, 4) is 0 Å². The number of aryl methyl sites for hydroxylation is 2. The lowest BCUT2D eigenvalue weighted by Gasteiger charge is -2.40. The molecule has 1 amide bonds. The lowest BCUT2D eigenvalue weighted by molar-refractivity contribution is -0.504. The molecule has 0 saturated carbocycles. The molecule has 10 atom stereocenters. The number of hydrogen-bond donors (Lipinski definition) is 11. The van der Waals surface area contributed by atoms with Gasteiger partial charge >= 0.3 is 5.97 Å². The van der Waals surface area contributed by atoms with E-state index in [1.54, 1.807) is 12.1 Å². The summed E-state index contributed by atoms with van der Waals surface area (Å²) in [6.07, 6.45) is 13.6. The Labute approximate surface area is 597 Å². The number of ether oxygens (including phenoxy) is 2. The molecule has 2 aliphatic carbocycles. The Kier molecular flexibility index (Phi) is 25.7. The molecular weight excluding hydrogens is 1330 g/mol. The van der Waals surface area contributed by atoms with Crippen molar-refractivity contribution in [1.82, 2.24) is 5.32 Å². The van der Waals surface area contributed by atoms with Gasteiger partial charge in [0.1, 0.15) is 85.0 Å². The molecule has 4 aromatic rings. The van der Waals surface area contributed by atoms with E-state index in [2.05, 4.69) is 123 Å². The molecule has 14 rings (SSSR count). The summed E-state index contributed by atoms with van der Waals surface area (Å²) in [4.78, 5) is 30.1. The van der Waals surface area contributed by atoms with Gasteiger partial charge in [-0.15, -0.1) is 0 Å². The Morgan fingerprint density at radius 3 is 1.34 bits per heavy atom. The van der Waals surface area contributed by atoms with Crippen molar-refractivity contribution in [2.45, 2.75) is 168 Å². The minimum Gasteiger partial charge on any atom is -1.00 e. The Hall–Kier alpha value is -6.23. The maximum absolute atomic E-state index is 13.4. The average molecular weight is 1430 g/mol. The van der Waals surface area contributed by atoms with Crippen LogP contribution in [0, 0.1) is 13.8 Å². The quantitative estimate of drug-likeness (QED) is 0.0743. The van der Waals surface area contributed by atoms with Crippen molar-refractivity contribution in [2.24, 2.45) is 5.73 Å². The second kappa shape index (κ2) is 32.4. The Balaban J connectivity index is 0.000000213. The second-order valence-electron chi connectivity index (χ2n) is 28.1. The molecule has 0 spiro atoms. The number of fused-ring (bicyclic) bond motifs is 4. The SMILES string of the molecule is C.C.Cc1cc(C(=O)NC2[C@H](O)OC(CO)[C@@H](O)[C@@H]2O)ccc1C1=C2C=CC(=[N+]3CCCC3)C=C2[Si](C)(C)c2cc(N3CCCC3)ccc21.Cc1cc(C(=O)O)ccc1C1=C2C=CC(=[N+]3CCCC3)C=C2[Si](C)(C)c2cc(N3CCCC3)ccc21.NC1[C@H](O)OC(CO)[C@@H](O)[C@@H]1O.[Cl-].[Cl-]. The number of halogens is 2. The number of aliphatic hydroxyl groups is 8. The molecule has 10 aliphatic rings. The van der Waals surface area contributed by atoms with Crippen LogP contribution >= 0.6 is 0 Å². The molecule has 0 bridgehead atoms. The fourth-order valence-corrected chi connectivity index (χ4v) is 21.8. The van der Waals surface area contributed by atoms with Crippen LogP contribution in [0.2, 0.25) is 26.2 Å². The van der Waals surface area contributed by atoms with Crippen LogP contribution in [0.15, 0.2) is 131 Å². The highest BCUT2D eigenvalue weighted by atomic mass is 35.5. The zero-order valence-corrected chi connectivity index (χ0v) is 59.7. The lowest BCUT2D eigenvalue weighted by atomic mass is 9.87. The summed E-state index contributed by atoms with van der Waals surface area (Å²) in [5.41, 5.74) is 23.0. The maximum Gasteiger partial charge on any atom is 0.335 e. The number of allylic oxidation sites excluding steroid dienone is 10. The van der Waals surface area contributed by atoms with Crippen molar-refractivity contribution in [2.75, 3.05) is 75.4 Å². The number of nitrogens with two attached hydrogens (primary N) is 1. The van der Waals surface area contributed by atoms with E-state index in [1.165, 1.54) is 128 Å². The first-order valence-electron chi connectivity index (χ1n) is 34.0. The molecule has 8 aliphatic heterocycles. The van der Waals surface area contributed by atoms with Gasteiger partial charge in [-0.25, -0.2) is 13.9 Å². The van der Waals surface area contributed by atoms with Gasteiger partial charge in [0, 0.05) is 93.1 Å². The molecule has 99 heavy (non-hydrogen) atoms. The molecule has 4 unspecified atom stereocenters. The number of rotatable bonds is 9. The minimum absolute atomic E-state index is 0. The topological polar surface area (TPSA) is 285 Å². The van der Waals surface area contributed by atoms with Gasteiger partial charge in [0.05, 0.1) is 24.8 Å². The average Bonchev–Trinajstić information content (AvgIpc) is 1.13. The van der Waals surface area contributed by atoms with E-state index < -0.39 is 103 Å². The number of aliphatic hydroxyl groups excluding tert-OH is 8. The highest BCUT2D eigenvalue weighted by Crippen LogP contribution is 2.45. The van der Waals surface area contributed by atoms with Crippen LogP contribution in [-0.4, -0.2) is 221 Å². The zero-order valence-electron chi connectivity index (χ0n) is 56.2. The number of carboxylic acid groups (broad SMARTS) is 1. The van der Waals surface area contributed by atoms with Crippen molar-refractivity contribution >= 4 is 72.3 Å². The summed E-state index contributed by atoms with van der Waals surface area (Å²) < 4.78 is 15.0. The predicted octanol–water partition coefficient (Wildman–Crippen LogP) is -0.529. The van der Waals surface area contributed by atoms with Gasteiger partial charge in [-0.05, 0) is 177 Å². The van der Waals surface area contributed by atoms with E-state index >= 15 is 0 Å². The van der Waals surface area contributed by atoms with E-state index in [4.69, 9.17) is 25.4 Å². The predicted molar refractivity (Wildman–Crippen MR) is 387 cm³/mol. The maximum atomic E-state index is 13.4. The summed E-state index contributed by atoms with van der Waals surface area (Å²) in [6.45, 7) is 21.9. The molecule has 536 valence electrons. The van der Waals surface area contributed by atoms with Crippen molar-refractivity contribution in [1.29, 1.82) is 0 Å². The smallest absolute Gasteiger partial charge is 0.335 e. The molecule has 12 N–H and O–H groups in total. The Morgan fingerprint density at radius 1 is 0.535 bits per heavy atom. The summed E-state index contributed by atoms with van der Waals surface area (Å²) in [7, 11) is -4.09. The molecule has 6 saturated heterocycles. The first-order chi connectivity index (χ1) is 45.5. The number of nitrogens with zero attached hydrogens (tertiary/aromatic N) is 4. The van der Waals surface area contributed by atoms with E-state index in [1.807, 2.05) is 38.1 Å². The van der Waals surface area contributed by atoms with Gasteiger partial charge in [0.2, 0.25) is 0 Å². The molecular formula is C76H102Cl2N6O13Si2. The number of amides is 1. The van der Waals surface area contributed by atoms with Crippen molar-refractivity contribution in [3.63, 3.8) is 0 Å². The largest absolute Gasteiger partial charge is 1.00 e. The van der Waals surface area contributed by atoms with Gasteiger partial charge in [-0.2, -0.15) is 0 Å². The summed E-state index contributed by atoms with van der Waals surface area (Å²) in [5.74, 6) is -1.38. The molecule has 8 heterocycles. The van der Waals surface area contributed by atoms with Gasteiger partial charge in [-0.3, -0.25) is 4.79 Å². The third-order valence-corrected chi connectivity index (χ3v) is 28.4. The van der Waals surface area contributed by atoms with Crippen LogP contribution in [0.1, 0.15) is 120 Å². The third-order valence-electron chi connectivity index (χ3n) is 21.3. The zero-order chi connectivity index (χ0) is 67.4. The number of carboxylic acids is 1. The number of benzene rings is 4. The third kappa shape index (κ3) is 15.3. The van der Waals surface area contributed by atoms with Crippen LogP contribution < -0.4 is 56.0 Å². The molecule has 19 nitrogen and oxygen atoms in total. The van der Waals surface area contributed by atoms with Gasteiger partial charge < -0.3 is 101 Å². The highest BCUT2D eigenvalue weighted by molar-refractivity contribution is 6.98. The Morgan fingerprint density at radius 2 is 0.929 bits per heavy atom. The highest BCUT2D eigenvalue weighted by Gasteiger charge is 2.47. The molecule has 23 heteroatoms. The number of carbonyl (C=O) groups is 2. The van der Waals surface area contributed by atoms with Crippen LogP contribution in [0.3, 0.4) is 0 Å². The van der Waals surface area contributed by atoms with E-state index in [9.17, 15) is 45.3 Å². The molecule has 0 aromatic heterocycles. The van der Waals surface area contributed by atoms with Crippen LogP contribution in [-0.2, 0) is 9.47 Å². The monoisotopic (exact) mass is 1430 g/mol. The fraction of sp³-hybridized carbons (Fsp3) is 0.474. The molecule has 0 radical (unpaired) electrons. The van der Waals surface area contributed by atoms with Crippen molar-refractivity contribution in [3.05, 3.63) is 175 Å². The van der Waals surface area contributed by atoms with Crippen LogP contribution in [0.25, 0.3) is 11.1 Å². The lowest BCUT2D eigenvalue weighted by Crippen LogP contribution is -3.00. The number of carbonyl (C=O) groups excluding carboxylic acids is 1. The van der Waals surface area contributed by atoms with E-state index in [0.717, 1.165) is 74.6 Å². The normalized spacial score (nSPS) is 26.9. The van der Waals surface area contributed by atoms with Crippen molar-refractivity contribution < 1.29 is 99.0 Å². The number of hydrogen-bond acceptors (Lipinski definition) is 15. The molecule has 4 aromatic carbocycles. The number of nitrogens with one attached hydrogen (secondary N) is 1. The van der Waals surface area contributed by atoms with Gasteiger partial charge in [0.25, 0.3) is 5.91 Å². The number of anilines is 2.